The lowest BCUT2D eigenvalue weighted by Gasteiger charge is -2.15. The molecule has 6 nitrogen and oxygen atoms in total. The molecule has 1 fully saturated rings. The molecular formula is C16H19FN4O2. The molecule has 0 spiro atoms. The minimum absolute atomic E-state index is 0.105. The molecule has 23 heavy (non-hydrogen) atoms. The number of nitrogens with zero attached hydrogens (tertiary/aromatic N) is 3. The average Bonchev–Trinajstić information content (AvgIpc) is 3.17. The van der Waals surface area contributed by atoms with Crippen molar-refractivity contribution in [3.05, 3.63) is 36.0 Å². The average molecular weight is 318 g/mol. The van der Waals surface area contributed by atoms with Crippen molar-refractivity contribution >= 4 is 5.91 Å². The number of carbonyl (C=O) groups is 1. The molecule has 0 aliphatic carbocycles. The van der Waals surface area contributed by atoms with Gasteiger partial charge in [0.2, 0.25) is 17.6 Å². The quantitative estimate of drug-likeness (QED) is 0.908. The highest BCUT2D eigenvalue weighted by Gasteiger charge is 2.23. The van der Waals surface area contributed by atoms with Crippen molar-refractivity contribution in [2.75, 3.05) is 13.1 Å². The molecular weight excluding hydrogens is 299 g/mol. The fraction of sp³-hybridized carbons (Fsp3) is 0.438. The van der Waals surface area contributed by atoms with E-state index in [9.17, 15) is 9.18 Å². The van der Waals surface area contributed by atoms with Gasteiger partial charge in [0.1, 0.15) is 5.82 Å². The Morgan fingerprint density at radius 3 is 2.87 bits per heavy atom. The molecule has 0 unspecified atom stereocenters. The molecule has 0 saturated carbocycles. The SMILES string of the molecule is N[C@H]1CCN(C(=O)CCCc2nc(-c3ccc(F)cc3)no2)C1. The molecule has 7 heteroatoms. The maximum Gasteiger partial charge on any atom is 0.226 e. The molecule has 1 atom stereocenters. The zero-order chi connectivity index (χ0) is 16.2. The van der Waals surface area contributed by atoms with E-state index in [2.05, 4.69) is 10.1 Å². The highest BCUT2D eigenvalue weighted by molar-refractivity contribution is 5.76. The third-order valence-electron chi connectivity index (χ3n) is 3.93. The van der Waals surface area contributed by atoms with Gasteiger partial charge in [-0.25, -0.2) is 4.39 Å². The Labute approximate surface area is 133 Å². The monoisotopic (exact) mass is 318 g/mol. The summed E-state index contributed by atoms with van der Waals surface area (Å²) < 4.78 is 18.1. The first kappa shape index (κ1) is 15.6. The molecule has 1 aromatic carbocycles. The third-order valence-corrected chi connectivity index (χ3v) is 3.93. The van der Waals surface area contributed by atoms with Crippen LogP contribution in [-0.4, -0.2) is 40.1 Å². The lowest BCUT2D eigenvalue weighted by molar-refractivity contribution is -0.130. The molecule has 122 valence electrons. The van der Waals surface area contributed by atoms with E-state index in [1.807, 2.05) is 4.90 Å². The van der Waals surface area contributed by atoms with Gasteiger partial charge in [-0.05, 0) is 37.1 Å². The number of hydrogen-bond acceptors (Lipinski definition) is 5. The van der Waals surface area contributed by atoms with Gasteiger partial charge in [-0.1, -0.05) is 5.16 Å². The van der Waals surface area contributed by atoms with Crippen LogP contribution in [0.25, 0.3) is 11.4 Å². The number of hydrogen-bond donors (Lipinski definition) is 1. The predicted molar refractivity (Wildman–Crippen MR) is 81.8 cm³/mol. The summed E-state index contributed by atoms with van der Waals surface area (Å²) in [6, 6.07) is 6.01. The van der Waals surface area contributed by atoms with Crippen LogP contribution in [0.2, 0.25) is 0 Å². The van der Waals surface area contributed by atoms with Gasteiger partial charge in [0.25, 0.3) is 0 Å². The summed E-state index contributed by atoms with van der Waals surface area (Å²) in [4.78, 5) is 18.1. The van der Waals surface area contributed by atoms with Crippen LogP contribution in [0, 0.1) is 5.82 Å². The molecule has 2 heterocycles. The summed E-state index contributed by atoms with van der Waals surface area (Å²) in [7, 11) is 0. The summed E-state index contributed by atoms with van der Waals surface area (Å²) in [5.41, 5.74) is 6.50. The van der Waals surface area contributed by atoms with Crippen LogP contribution in [0.3, 0.4) is 0 Å². The number of rotatable bonds is 5. The normalized spacial score (nSPS) is 17.7. The van der Waals surface area contributed by atoms with E-state index in [1.54, 1.807) is 12.1 Å². The van der Waals surface area contributed by atoms with Gasteiger partial charge < -0.3 is 15.2 Å². The van der Waals surface area contributed by atoms with E-state index < -0.39 is 0 Å². The molecule has 2 aromatic rings. The van der Waals surface area contributed by atoms with Crippen molar-refractivity contribution in [3.8, 4) is 11.4 Å². The minimum Gasteiger partial charge on any atom is -0.341 e. The van der Waals surface area contributed by atoms with Crippen LogP contribution in [-0.2, 0) is 11.2 Å². The van der Waals surface area contributed by atoms with Gasteiger partial charge in [-0.2, -0.15) is 4.98 Å². The minimum atomic E-state index is -0.308. The van der Waals surface area contributed by atoms with E-state index in [1.165, 1.54) is 12.1 Å². The molecule has 1 aliphatic heterocycles. The topological polar surface area (TPSA) is 85.2 Å². The molecule has 1 aromatic heterocycles. The lowest BCUT2D eigenvalue weighted by Crippen LogP contribution is -2.31. The molecule has 0 bridgehead atoms. The van der Waals surface area contributed by atoms with E-state index >= 15 is 0 Å². The lowest BCUT2D eigenvalue weighted by atomic mass is 10.2. The van der Waals surface area contributed by atoms with Crippen LogP contribution in [0.15, 0.2) is 28.8 Å². The Balaban J connectivity index is 1.49. The van der Waals surface area contributed by atoms with E-state index in [-0.39, 0.29) is 17.8 Å². The molecule has 1 aliphatic rings. The van der Waals surface area contributed by atoms with Gasteiger partial charge in [-0.3, -0.25) is 4.79 Å². The number of likely N-dealkylation sites (tertiary alicyclic amines) is 1. The number of benzene rings is 1. The Hall–Kier alpha value is -2.28. The van der Waals surface area contributed by atoms with Crippen molar-refractivity contribution in [2.45, 2.75) is 31.7 Å². The summed E-state index contributed by atoms with van der Waals surface area (Å²) >= 11 is 0. The summed E-state index contributed by atoms with van der Waals surface area (Å²) in [5.74, 6) is 0.723. The number of halogens is 1. The molecule has 1 saturated heterocycles. The van der Waals surface area contributed by atoms with E-state index in [4.69, 9.17) is 10.3 Å². The maximum atomic E-state index is 12.9. The van der Waals surface area contributed by atoms with Crippen LogP contribution < -0.4 is 5.73 Å². The highest BCUT2D eigenvalue weighted by atomic mass is 19.1. The summed E-state index contributed by atoms with van der Waals surface area (Å²) in [6.07, 6.45) is 2.51. The maximum absolute atomic E-state index is 12.9. The number of aryl methyl sites for hydroxylation is 1. The Kier molecular flexibility index (Phi) is 4.66. The van der Waals surface area contributed by atoms with Crippen molar-refractivity contribution in [2.24, 2.45) is 5.73 Å². The third kappa shape index (κ3) is 3.92. The van der Waals surface area contributed by atoms with E-state index in [0.29, 0.717) is 43.1 Å². The van der Waals surface area contributed by atoms with Gasteiger partial charge in [0.15, 0.2) is 0 Å². The Bertz CT molecular complexity index is 671. The fourth-order valence-electron chi connectivity index (χ4n) is 2.64. The number of aromatic nitrogens is 2. The van der Waals surface area contributed by atoms with Gasteiger partial charge in [-0.15, -0.1) is 0 Å². The Morgan fingerprint density at radius 1 is 1.39 bits per heavy atom. The zero-order valence-electron chi connectivity index (χ0n) is 12.7. The number of amides is 1. The van der Waals surface area contributed by atoms with Gasteiger partial charge >= 0.3 is 0 Å². The van der Waals surface area contributed by atoms with Crippen LogP contribution in [0.5, 0.6) is 0 Å². The second-order valence-electron chi connectivity index (χ2n) is 5.76. The first-order valence-electron chi connectivity index (χ1n) is 7.73. The second-order valence-corrected chi connectivity index (χ2v) is 5.76. The standard InChI is InChI=1S/C16H19FN4O2/c17-12-6-4-11(5-7-12)16-19-14(23-20-16)2-1-3-15(22)21-9-8-13(18)10-21/h4-7,13H,1-3,8-10,18H2/t13-/m0/s1. The highest BCUT2D eigenvalue weighted by Crippen LogP contribution is 2.17. The fourth-order valence-corrected chi connectivity index (χ4v) is 2.64. The number of carbonyl (C=O) groups excluding carboxylic acids is 1. The van der Waals surface area contributed by atoms with Crippen molar-refractivity contribution < 1.29 is 13.7 Å². The first-order valence-corrected chi connectivity index (χ1v) is 7.73. The molecule has 2 N–H and O–H groups in total. The smallest absolute Gasteiger partial charge is 0.226 e. The predicted octanol–water partition coefficient (Wildman–Crippen LogP) is 1.76. The largest absolute Gasteiger partial charge is 0.341 e. The first-order chi connectivity index (χ1) is 11.1. The number of nitrogens with two attached hydrogens (primary N) is 1. The van der Waals surface area contributed by atoms with Crippen molar-refractivity contribution in [3.63, 3.8) is 0 Å². The van der Waals surface area contributed by atoms with Crippen molar-refractivity contribution in [1.29, 1.82) is 0 Å². The molecule has 3 rings (SSSR count). The summed E-state index contributed by atoms with van der Waals surface area (Å²) in [6.45, 7) is 1.39. The zero-order valence-corrected chi connectivity index (χ0v) is 12.7. The van der Waals surface area contributed by atoms with Gasteiger partial charge in [0, 0.05) is 37.5 Å². The van der Waals surface area contributed by atoms with Crippen LogP contribution in [0.4, 0.5) is 4.39 Å². The molecule has 1 amide bonds. The second kappa shape index (κ2) is 6.87. The summed E-state index contributed by atoms with van der Waals surface area (Å²) in [5, 5.41) is 3.88. The van der Waals surface area contributed by atoms with Crippen LogP contribution in [0.1, 0.15) is 25.2 Å². The van der Waals surface area contributed by atoms with Crippen molar-refractivity contribution in [1.82, 2.24) is 15.0 Å². The Morgan fingerprint density at radius 2 is 2.17 bits per heavy atom. The van der Waals surface area contributed by atoms with E-state index in [0.717, 1.165) is 13.0 Å². The molecule has 0 radical (unpaired) electrons. The van der Waals surface area contributed by atoms with Crippen LogP contribution >= 0.6 is 0 Å². The van der Waals surface area contributed by atoms with Gasteiger partial charge in [0.05, 0.1) is 0 Å².